The largest absolute Gasteiger partial charge is 0.598 e. The first-order chi connectivity index (χ1) is 11.8. The maximum absolute atomic E-state index is 12.7. The summed E-state index contributed by atoms with van der Waals surface area (Å²) in [7, 11) is 1.63. The Hall–Kier alpha value is -0.300. The highest BCUT2D eigenvalue weighted by Gasteiger charge is 2.31. The Bertz CT molecular complexity index is 545. The molecule has 0 amide bonds. The van der Waals surface area contributed by atoms with Gasteiger partial charge >= 0.3 is 0 Å². The van der Waals surface area contributed by atoms with Crippen molar-refractivity contribution in [1.82, 2.24) is 9.71 Å². The second kappa shape index (κ2) is 9.58. The molecule has 0 saturated heterocycles. The molecule has 142 valence electrons. The lowest BCUT2D eigenvalue weighted by molar-refractivity contribution is 0.307. The summed E-state index contributed by atoms with van der Waals surface area (Å²) < 4.78 is 22.0. The summed E-state index contributed by atoms with van der Waals surface area (Å²) in [6, 6.07) is 3.98. The standard InChI is InChI=1S/C19H31BrN2O2S/c1-19(2,3)25(23)22-15(12-14-8-6-5-7-9-14)13-17-16(20)10-11-18(21-17)24-4/h10-11,14-15,22H,5-9,12-13H2,1-4H3. The van der Waals surface area contributed by atoms with Gasteiger partial charge in [0.15, 0.2) is 0 Å². The van der Waals surface area contributed by atoms with Gasteiger partial charge in [-0.1, -0.05) is 32.1 Å². The van der Waals surface area contributed by atoms with Crippen LogP contribution in [0.4, 0.5) is 0 Å². The molecule has 0 radical (unpaired) electrons. The molecule has 1 aliphatic carbocycles. The predicted octanol–water partition coefficient (Wildman–Crippen LogP) is 4.79. The van der Waals surface area contributed by atoms with Gasteiger partial charge in [-0.05, 0) is 55.1 Å². The lowest BCUT2D eigenvalue weighted by Gasteiger charge is -2.31. The minimum Gasteiger partial charge on any atom is -0.598 e. The Kier molecular flexibility index (Phi) is 8.05. The third kappa shape index (κ3) is 6.74. The van der Waals surface area contributed by atoms with Crippen molar-refractivity contribution >= 4 is 27.3 Å². The van der Waals surface area contributed by atoms with E-state index in [1.54, 1.807) is 7.11 Å². The molecule has 2 atom stereocenters. The summed E-state index contributed by atoms with van der Waals surface area (Å²) in [6.45, 7) is 6.02. The first-order valence-electron chi connectivity index (χ1n) is 9.17. The third-order valence-corrected chi connectivity index (χ3v) is 7.10. The van der Waals surface area contributed by atoms with Gasteiger partial charge in [-0.2, -0.15) is 0 Å². The summed E-state index contributed by atoms with van der Waals surface area (Å²) in [5.41, 5.74) is 0.957. The van der Waals surface area contributed by atoms with E-state index < -0.39 is 11.4 Å². The number of rotatable bonds is 7. The SMILES string of the molecule is COc1ccc(Br)c(CC(CC2CCCCC2)N[S+]([O-])C(C)(C)C)n1. The van der Waals surface area contributed by atoms with E-state index in [1.807, 2.05) is 32.9 Å². The second-order valence-corrected chi connectivity index (χ2v) is 10.8. The molecular weight excluding hydrogens is 400 g/mol. The van der Waals surface area contributed by atoms with Crippen LogP contribution in [0.3, 0.4) is 0 Å². The Morgan fingerprint density at radius 3 is 2.60 bits per heavy atom. The molecule has 1 aliphatic rings. The average molecular weight is 431 g/mol. The van der Waals surface area contributed by atoms with Gasteiger partial charge in [-0.15, -0.1) is 4.72 Å². The Morgan fingerprint density at radius 1 is 1.32 bits per heavy atom. The van der Waals surface area contributed by atoms with Crippen LogP contribution in [0, 0.1) is 5.92 Å². The fraction of sp³-hybridized carbons (Fsp3) is 0.737. The van der Waals surface area contributed by atoms with Crippen LogP contribution in [0.5, 0.6) is 5.88 Å². The zero-order valence-corrected chi connectivity index (χ0v) is 18.2. The first kappa shape index (κ1) is 21.0. The van der Waals surface area contributed by atoms with Crippen LogP contribution in [0.2, 0.25) is 0 Å². The van der Waals surface area contributed by atoms with Crippen LogP contribution in [0.25, 0.3) is 0 Å². The lowest BCUT2D eigenvalue weighted by atomic mass is 9.84. The fourth-order valence-corrected chi connectivity index (χ4v) is 4.50. The second-order valence-electron chi connectivity index (χ2n) is 7.92. The first-order valence-corrected chi connectivity index (χ1v) is 11.1. The van der Waals surface area contributed by atoms with E-state index in [9.17, 15) is 4.55 Å². The molecule has 1 aromatic rings. The Balaban J connectivity index is 2.12. The van der Waals surface area contributed by atoms with E-state index in [2.05, 4.69) is 25.6 Å². The van der Waals surface area contributed by atoms with Gasteiger partial charge in [0.1, 0.15) is 4.75 Å². The van der Waals surface area contributed by atoms with Crippen molar-refractivity contribution in [2.75, 3.05) is 7.11 Å². The number of methoxy groups -OCH3 is 1. The van der Waals surface area contributed by atoms with E-state index in [4.69, 9.17) is 4.74 Å². The zero-order chi connectivity index (χ0) is 18.4. The molecular formula is C19H31BrN2O2S. The molecule has 0 aliphatic heterocycles. The van der Waals surface area contributed by atoms with Crippen LogP contribution < -0.4 is 9.46 Å². The van der Waals surface area contributed by atoms with Gasteiger partial charge in [-0.3, -0.25) is 0 Å². The van der Waals surface area contributed by atoms with Crippen molar-refractivity contribution in [1.29, 1.82) is 0 Å². The molecule has 1 N–H and O–H groups in total. The quantitative estimate of drug-likeness (QED) is 0.631. The highest BCUT2D eigenvalue weighted by molar-refractivity contribution is 9.10. The Morgan fingerprint density at radius 2 is 2.00 bits per heavy atom. The summed E-state index contributed by atoms with van der Waals surface area (Å²) in [5, 5.41) is 0. The van der Waals surface area contributed by atoms with Crippen LogP contribution in [0.1, 0.15) is 65.0 Å². The van der Waals surface area contributed by atoms with Crippen LogP contribution >= 0.6 is 15.9 Å². The molecule has 1 heterocycles. The molecule has 0 bridgehead atoms. The summed E-state index contributed by atoms with van der Waals surface area (Å²) in [5.74, 6) is 1.33. The molecule has 1 fully saturated rings. The number of ether oxygens (including phenoxy) is 1. The van der Waals surface area contributed by atoms with Gasteiger partial charge in [0.2, 0.25) is 5.88 Å². The zero-order valence-electron chi connectivity index (χ0n) is 15.8. The summed E-state index contributed by atoms with van der Waals surface area (Å²) in [6.07, 6.45) is 8.36. The van der Waals surface area contributed by atoms with Crippen LogP contribution in [0.15, 0.2) is 16.6 Å². The highest BCUT2D eigenvalue weighted by atomic mass is 79.9. The number of hydrogen-bond acceptors (Lipinski definition) is 4. The maximum Gasteiger partial charge on any atom is 0.213 e. The van der Waals surface area contributed by atoms with E-state index in [0.717, 1.165) is 23.0 Å². The van der Waals surface area contributed by atoms with Crippen molar-refractivity contribution in [3.8, 4) is 5.88 Å². The molecule has 0 spiro atoms. The average Bonchev–Trinajstić information content (AvgIpc) is 2.56. The minimum atomic E-state index is -1.08. The number of nitrogens with zero attached hydrogens (tertiary/aromatic N) is 1. The number of halogens is 1. The van der Waals surface area contributed by atoms with Crippen molar-refractivity contribution in [3.05, 3.63) is 22.3 Å². The van der Waals surface area contributed by atoms with E-state index in [0.29, 0.717) is 11.8 Å². The molecule has 1 aromatic heterocycles. The molecule has 25 heavy (non-hydrogen) atoms. The third-order valence-electron chi connectivity index (χ3n) is 4.71. The van der Waals surface area contributed by atoms with Gasteiger partial charge in [-0.25, -0.2) is 4.98 Å². The molecule has 2 rings (SSSR count). The van der Waals surface area contributed by atoms with Crippen molar-refractivity contribution < 1.29 is 9.29 Å². The number of hydrogen-bond donors (Lipinski definition) is 1. The topological polar surface area (TPSA) is 57.2 Å². The van der Waals surface area contributed by atoms with E-state index in [1.165, 1.54) is 32.1 Å². The maximum atomic E-state index is 12.7. The summed E-state index contributed by atoms with van der Waals surface area (Å²) >= 11 is 2.51. The minimum absolute atomic E-state index is 0.152. The van der Waals surface area contributed by atoms with Gasteiger partial charge in [0, 0.05) is 28.3 Å². The van der Waals surface area contributed by atoms with Crippen LogP contribution in [-0.2, 0) is 17.8 Å². The van der Waals surface area contributed by atoms with Crippen molar-refractivity contribution in [2.24, 2.45) is 5.92 Å². The molecule has 6 heteroatoms. The Labute approximate surface area is 164 Å². The van der Waals surface area contributed by atoms with Crippen LogP contribution in [-0.4, -0.2) is 27.4 Å². The van der Waals surface area contributed by atoms with E-state index in [-0.39, 0.29) is 10.8 Å². The molecule has 4 nitrogen and oxygen atoms in total. The highest BCUT2D eigenvalue weighted by Crippen LogP contribution is 2.30. The van der Waals surface area contributed by atoms with Crippen molar-refractivity contribution in [2.45, 2.75) is 76.5 Å². The summed E-state index contributed by atoms with van der Waals surface area (Å²) in [4.78, 5) is 4.59. The fourth-order valence-electron chi connectivity index (χ4n) is 3.28. The molecule has 0 aromatic carbocycles. The smallest absolute Gasteiger partial charge is 0.213 e. The van der Waals surface area contributed by atoms with E-state index >= 15 is 0 Å². The lowest BCUT2D eigenvalue weighted by Crippen LogP contribution is -2.46. The van der Waals surface area contributed by atoms with Crippen molar-refractivity contribution in [3.63, 3.8) is 0 Å². The van der Waals surface area contributed by atoms with Gasteiger partial charge in [0.05, 0.1) is 18.8 Å². The number of aromatic nitrogens is 1. The number of pyridine rings is 1. The molecule has 1 saturated carbocycles. The monoisotopic (exact) mass is 430 g/mol. The normalized spacial score (nSPS) is 18.8. The molecule has 2 unspecified atom stereocenters. The predicted molar refractivity (Wildman–Crippen MR) is 108 cm³/mol. The number of nitrogens with one attached hydrogen (secondary N) is 1. The van der Waals surface area contributed by atoms with Gasteiger partial charge in [0.25, 0.3) is 0 Å². The van der Waals surface area contributed by atoms with Gasteiger partial charge < -0.3 is 9.29 Å².